The lowest BCUT2D eigenvalue weighted by Crippen LogP contribution is -2.36. The zero-order valence-corrected chi connectivity index (χ0v) is 16.1. The summed E-state index contributed by atoms with van der Waals surface area (Å²) < 4.78 is 10.6. The fourth-order valence-electron chi connectivity index (χ4n) is 3.68. The second-order valence-electron chi connectivity index (χ2n) is 6.86. The van der Waals surface area contributed by atoms with Crippen LogP contribution in [0.15, 0.2) is 48.5 Å². The molecule has 0 spiro atoms. The predicted octanol–water partition coefficient (Wildman–Crippen LogP) is 4.26. The van der Waals surface area contributed by atoms with Crippen LogP contribution < -0.4 is 14.8 Å². The van der Waals surface area contributed by atoms with Crippen molar-refractivity contribution in [2.45, 2.75) is 31.7 Å². The van der Waals surface area contributed by atoms with Crippen molar-refractivity contribution in [3.05, 3.63) is 54.1 Å². The molecule has 2 aromatic carbocycles. The van der Waals surface area contributed by atoms with Crippen LogP contribution in [0, 0.1) is 0 Å². The number of amides is 1. The summed E-state index contributed by atoms with van der Waals surface area (Å²) in [5, 5.41) is 2.99. The number of hydrogen-bond donors (Lipinski definition) is 1. The van der Waals surface area contributed by atoms with Crippen LogP contribution in [0.1, 0.15) is 37.3 Å². The lowest BCUT2D eigenvalue weighted by Gasteiger charge is -2.30. The Hall–Kier alpha value is -2.53. The van der Waals surface area contributed by atoms with E-state index in [4.69, 9.17) is 9.47 Å². The lowest BCUT2D eigenvalue weighted by atomic mass is 10.0. The van der Waals surface area contributed by atoms with Gasteiger partial charge in [-0.3, -0.25) is 9.69 Å². The van der Waals surface area contributed by atoms with Gasteiger partial charge in [0.2, 0.25) is 5.91 Å². The van der Waals surface area contributed by atoms with Gasteiger partial charge in [-0.05, 0) is 49.2 Å². The van der Waals surface area contributed by atoms with E-state index in [9.17, 15) is 4.79 Å². The average Bonchev–Trinajstić information content (AvgIpc) is 2.94. The highest BCUT2D eigenvalue weighted by Gasteiger charge is 2.24. The highest BCUT2D eigenvalue weighted by atomic mass is 16.5. The summed E-state index contributed by atoms with van der Waals surface area (Å²) in [7, 11) is 3.29. The normalized spacial score (nSPS) is 17.8. The largest absolute Gasteiger partial charge is 0.497 e. The lowest BCUT2D eigenvalue weighted by molar-refractivity contribution is -0.117. The Labute approximate surface area is 161 Å². The summed E-state index contributed by atoms with van der Waals surface area (Å²) in [4.78, 5) is 15.0. The molecule has 1 atom stereocenters. The minimum Gasteiger partial charge on any atom is -0.497 e. The molecule has 1 heterocycles. The van der Waals surface area contributed by atoms with E-state index in [1.165, 1.54) is 18.4 Å². The van der Waals surface area contributed by atoms with Crippen LogP contribution in [0.5, 0.6) is 11.5 Å². The number of carbonyl (C=O) groups excluding carboxylic acids is 1. The molecule has 0 aromatic heterocycles. The van der Waals surface area contributed by atoms with Crippen LogP contribution in [-0.2, 0) is 4.79 Å². The molecule has 0 unspecified atom stereocenters. The summed E-state index contributed by atoms with van der Waals surface area (Å²) in [6.45, 7) is 1.30. The molecule has 5 heteroatoms. The molecule has 1 amide bonds. The molecule has 3 rings (SSSR count). The van der Waals surface area contributed by atoms with E-state index in [0.29, 0.717) is 18.0 Å². The van der Waals surface area contributed by atoms with Gasteiger partial charge in [0.25, 0.3) is 0 Å². The minimum absolute atomic E-state index is 0.0140. The Morgan fingerprint density at radius 2 is 1.81 bits per heavy atom. The molecule has 1 fully saturated rings. The molecule has 5 nitrogen and oxygen atoms in total. The third kappa shape index (κ3) is 5.01. The first-order valence-electron chi connectivity index (χ1n) is 9.52. The van der Waals surface area contributed by atoms with E-state index in [1.54, 1.807) is 14.2 Å². The van der Waals surface area contributed by atoms with Gasteiger partial charge in [0, 0.05) is 6.04 Å². The second kappa shape index (κ2) is 9.42. The van der Waals surface area contributed by atoms with Crippen molar-refractivity contribution in [3.8, 4) is 11.5 Å². The summed E-state index contributed by atoms with van der Waals surface area (Å²) >= 11 is 0. The molecule has 27 heavy (non-hydrogen) atoms. The van der Waals surface area contributed by atoms with Gasteiger partial charge < -0.3 is 14.8 Å². The number of likely N-dealkylation sites (tertiary alicyclic amines) is 1. The van der Waals surface area contributed by atoms with Gasteiger partial charge >= 0.3 is 0 Å². The van der Waals surface area contributed by atoms with Crippen molar-refractivity contribution in [1.29, 1.82) is 0 Å². The number of rotatable bonds is 6. The number of benzene rings is 2. The van der Waals surface area contributed by atoms with Crippen LogP contribution in [0.25, 0.3) is 0 Å². The number of anilines is 1. The number of nitrogens with one attached hydrogen (secondary N) is 1. The first-order valence-corrected chi connectivity index (χ1v) is 9.52. The first kappa shape index (κ1) is 19.2. The topological polar surface area (TPSA) is 50.8 Å². The maximum Gasteiger partial charge on any atom is 0.238 e. The van der Waals surface area contributed by atoms with Crippen LogP contribution in [-0.4, -0.2) is 38.1 Å². The molecule has 1 aliphatic heterocycles. The van der Waals surface area contributed by atoms with E-state index in [1.807, 2.05) is 36.4 Å². The molecular weight excluding hydrogens is 340 g/mol. The Morgan fingerprint density at radius 1 is 1.04 bits per heavy atom. The molecule has 144 valence electrons. The van der Waals surface area contributed by atoms with Crippen LogP contribution in [0.3, 0.4) is 0 Å². The zero-order chi connectivity index (χ0) is 19.1. The Kier molecular flexibility index (Phi) is 6.71. The third-order valence-corrected chi connectivity index (χ3v) is 5.09. The van der Waals surface area contributed by atoms with E-state index in [-0.39, 0.29) is 11.9 Å². The highest BCUT2D eigenvalue weighted by Crippen LogP contribution is 2.31. The molecular formula is C22H28N2O3. The molecule has 0 aliphatic carbocycles. The first-order chi connectivity index (χ1) is 13.2. The minimum atomic E-state index is -0.0140. The van der Waals surface area contributed by atoms with Crippen molar-refractivity contribution in [2.75, 3.05) is 32.6 Å². The van der Waals surface area contributed by atoms with Gasteiger partial charge in [0.15, 0.2) is 0 Å². The number of carbonyl (C=O) groups is 1. The van der Waals surface area contributed by atoms with Crippen molar-refractivity contribution in [2.24, 2.45) is 0 Å². The predicted molar refractivity (Wildman–Crippen MR) is 107 cm³/mol. The van der Waals surface area contributed by atoms with Crippen molar-refractivity contribution in [3.63, 3.8) is 0 Å². The Morgan fingerprint density at radius 3 is 2.56 bits per heavy atom. The van der Waals surface area contributed by atoms with Crippen molar-refractivity contribution in [1.82, 2.24) is 4.90 Å². The number of nitrogens with zero attached hydrogens (tertiary/aromatic N) is 1. The zero-order valence-electron chi connectivity index (χ0n) is 16.1. The van der Waals surface area contributed by atoms with E-state index in [0.717, 1.165) is 25.1 Å². The third-order valence-electron chi connectivity index (χ3n) is 5.09. The summed E-state index contributed by atoms with van der Waals surface area (Å²) in [6, 6.07) is 16.0. The summed E-state index contributed by atoms with van der Waals surface area (Å²) in [6.07, 6.45) is 4.57. The Bertz CT molecular complexity index is 745. The van der Waals surface area contributed by atoms with E-state index >= 15 is 0 Å². The highest BCUT2D eigenvalue weighted by molar-refractivity contribution is 5.93. The fraction of sp³-hybridized carbons (Fsp3) is 0.409. The van der Waals surface area contributed by atoms with Gasteiger partial charge in [0.1, 0.15) is 11.5 Å². The fourth-order valence-corrected chi connectivity index (χ4v) is 3.68. The molecule has 0 saturated carbocycles. The van der Waals surface area contributed by atoms with Crippen LogP contribution in [0.4, 0.5) is 5.69 Å². The maximum atomic E-state index is 12.7. The molecule has 1 aliphatic rings. The smallest absolute Gasteiger partial charge is 0.238 e. The Balaban J connectivity index is 1.72. The monoisotopic (exact) mass is 368 g/mol. The average molecular weight is 368 g/mol. The molecule has 0 bridgehead atoms. The van der Waals surface area contributed by atoms with Crippen molar-refractivity contribution >= 4 is 11.6 Å². The number of methoxy groups -OCH3 is 2. The standard InChI is InChI=1S/C22H28N2O3/c1-26-18-13-11-17(12-14-18)20-9-4-3-7-15-24(20)16-22(25)23-19-8-5-6-10-21(19)27-2/h5-6,8,10-14,20H,3-4,7,9,15-16H2,1-2H3,(H,23,25)/t20-/m0/s1. The molecule has 1 saturated heterocycles. The van der Waals surface area contributed by atoms with Crippen LogP contribution in [0.2, 0.25) is 0 Å². The van der Waals surface area contributed by atoms with Gasteiger partial charge in [-0.15, -0.1) is 0 Å². The van der Waals surface area contributed by atoms with Gasteiger partial charge in [-0.25, -0.2) is 0 Å². The van der Waals surface area contributed by atoms with Gasteiger partial charge in [-0.2, -0.15) is 0 Å². The van der Waals surface area contributed by atoms with Gasteiger partial charge in [-0.1, -0.05) is 37.1 Å². The second-order valence-corrected chi connectivity index (χ2v) is 6.86. The van der Waals surface area contributed by atoms with Crippen LogP contribution >= 0.6 is 0 Å². The van der Waals surface area contributed by atoms with E-state index < -0.39 is 0 Å². The molecule has 0 radical (unpaired) electrons. The van der Waals surface area contributed by atoms with E-state index in [2.05, 4.69) is 22.3 Å². The number of para-hydroxylation sites is 2. The quantitative estimate of drug-likeness (QED) is 0.828. The summed E-state index contributed by atoms with van der Waals surface area (Å²) in [5.74, 6) is 1.51. The van der Waals surface area contributed by atoms with Gasteiger partial charge in [0.05, 0.1) is 26.5 Å². The maximum absolute atomic E-state index is 12.7. The number of hydrogen-bond acceptors (Lipinski definition) is 4. The number of ether oxygens (including phenoxy) is 2. The SMILES string of the molecule is COc1ccc([C@@H]2CCCCCN2CC(=O)Nc2ccccc2OC)cc1. The summed E-state index contributed by atoms with van der Waals surface area (Å²) in [5.41, 5.74) is 1.95. The van der Waals surface area contributed by atoms with Crippen molar-refractivity contribution < 1.29 is 14.3 Å². The molecule has 2 aromatic rings. The molecule has 1 N–H and O–H groups in total.